The first-order valence-electron chi connectivity index (χ1n) is 5.16. The lowest BCUT2D eigenvalue weighted by atomic mass is 10.1. The van der Waals surface area contributed by atoms with Gasteiger partial charge in [0.25, 0.3) is 0 Å². The smallest absolute Gasteiger partial charge is 0.185 e. The predicted molar refractivity (Wildman–Crippen MR) is 65.9 cm³/mol. The Hall–Kier alpha value is -1.83. The maximum absolute atomic E-state index is 11.3. The average molecular weight is 216 g/mol. The average Bonchev–Trinajstić information content (AvgIpc) is 2.28. The van der Waals surface area contributed by atoms with E-state index in [1.165, 1.54) is 11.6 Å². The summed E-state index contributed by atoms with van der Waals surface area (Å²) in [4.78, 5) is 11.3. The molecule has 84 valence electrons. The zero-order chi connectivity index (χ0) is 12.0. The molecule has 0 fully saturated rings. The summed E-state index contributed by atoms with van der Waals surface area (Å²) >= 11 is 0. The first kappa shape index (κ1) is 12.2. The first-order valence-corrected chi connectivity index (χ1v) is 5.16. The van der Waals surface area contributed by atoms with E-state index in [9.17, 15) is 4.79 Å². The van der Waals surface area contributed by atoms with Gasteiger partial charge in [0.15, 0.2) is 5.78 Å². The fraction of sp³-hybridized carbons (Fsp3) is 0.214. The van der Waals surface area contributed by atoms with Crippen molar-refractivity contribution in [3.8, 4) is 5.75 Å². The lowest BCUT2D eigenvalue weighted by Crippen LogP contribution is -1.96. The van der Waals surface area contributed by atoms with Crippen LogP contribution in [0.2, 0.25) is 0 Å². The zero-order valence-electron chi connectivity index (χ0n) is 9.69. The molecule has 0 amide bonds. The molecular formula is C14H16O2. The van der Waals surface area contributed by atoms with Crippen LogP contribution in [0.1, 0.15) is 24.2 Å². The van der Waals surface area contributed by atoms with E-state index >= 15 is 0 Å². The van der Waals surface area contributed by atoms with Gasteiger partial charge in [0.2, 0.25) is 0 Å². The van der Waals surface area contributed by atoms with Crippen LogP contribution in [0.4, 0.5) is 0 Å². The quantitative estimate of drug-likeness (QED) is 0.428. The van der Waals surface area contributed by atoms with Crippen molar-refractivity contribution in [1.82, 2.24) is 0 Å². The molecule has 0 saturated heterocycles. The Labute approximate surface area is 96.2 Å². The molecule has 0 aliphatic heterocycles. The molecule has 1 aromatic rings. The van der Waals surface area contributed by atoms with Gasteiger partial charge in [-0.3, -0.25) is 4.79 Å². The SMILES string of the molecule is C=CC(=O)c1ccc(OCC=C(C)C)cc1. The van der Waals surface area contributed by atoms with E-state index in [-0.39, 0.29) is 5.78 Å². The third-order valence-corrected chi connectivity index (χ3v) is 2.07. The molecule has 0 heterocycles. The number of allylic oxidation sites excluding steroid dienone is 2. The fourth-order valence-electron chi connectivity index (χ4n) is 1.14. The van der Waals surface area contributed by atoms with E-state index in [1.807, 2.05) is 19.9 Å². The summed E-state index contributed by atoms with van der Waals surface area (Å²) in [5.41, 5.74) is 1.85. The Bertz CT molecular complexity index is 395. The minimum absolute atomic E-state index is 0.0733. The normalized spacial score (nSPS) is 9.38. The zero-order valence-corrected chi connectivity index (χ0v) is 9.69. The monoisotopic (exact) mass is 216 g/mol. The molecular weight excluding hydrogens is 200 g/mol. The Balaban J connectivity index is 2.61. The van der Waals surface area contributed by atoms with E-state index in [4.69, 9.17) is 4.74 Å². The Morgan fingerprint density at radius 3 is 2.44 bits per heavy atom. The highest BCUT2D eigenvalue weighted by Gasteiger charge is 2.00. The molecule has 0 radical (unpaired) electrons. The maximum Gasteiger partial charge on any atom is 0.185 e. The second kappa shape index (κ2) is 5.91. The van der Waals surface area contributed by atoms with E-state index in [0.29, 0.717) is 12.2 Å². The number of carbonyl (C=O) groups is 1. The van der Waals surface area contributed by atoms with Crippen LogP contribution < -0.4 is 4.74 Å². The Kier molecular flexibility index (Phi) is 4.52. The van der Waals surface area contributed by atoms with Crippen LogP contribution in [-0.2, 0) is 0 Å². The molecule has 2 heteroatoms. The third-order valence-electron chi connectivity index (χ3n) is 2.07. The largest absolute Gasteiger partial charge is 0.490 e. The molecule has 0 atom stereocenters. The topological polar surface area (TPSA) is 26.3 Å². The van der Waals surface area contributed by atoms with E-state index in [1.54, 1.807) is 24.3 Å². The van der Waals surface area contributed by atoms with Gasteiger partial charge in [0.05, 0.1) is 0 Å². The summed E-state index contributed by atoms with van der Waals surface area (Å²) < 4.78 is 5.47. The number of ether oxygens (including phenoxy) is 1. The van der Waals surface area contributed by atoms with Crippen molar-refractivity contribution in [3.63, 3.8) is 0 Å². The number of ketones is 1. The van der Waals surface area contributed by atoms with E-state index < -0.39 is 0 Å². The summed E-state index contributed by atoms with van der Waals surface area (Å²) in [5, 5.41) is 0. The molecule has 1 aromatic carbocycles. The number of rotatable bonds is 5. The lowest BCUT2D eigenvalue weighted by Gasteiger charge is -2.04. The van der Waals surface area contributed by atoms with Crippen LogP contribution in [0.25, 0.3) is 0 Å². The van der Waals surface area contributed by atoms with Crippen molar-refractivity contribution in [2.24, 2.45) is 0 Å². The van der Waals surface area contributed by atoms with Gasteiger partial charge < -0.3 is 4.74 Å². The molecule has 0 unspecified atom stereocenters. The second-order valence-electron chi connectivity index (χ2n) is 3.69. The molecule has 0 aliphatic carbocycles. The second-order valence-corrected chi connectivity index (χ2v) is 3.69. The highest BCUT2D eigenvalue weighted by molar-refractivity contribution is 6.04. The van der Waals surface area contributed by atoms with Gasteiger partial charge >= 0.3 is 0 Å². The fourth-order valence-corrected chi connectivity index (χ4v) is 1.14. The molecule has 0 aliphatic rings. The molecule has 0 spiro atoms. The van der Waals surface area contributed by atoms with E-state index in [2.05, 4.69) is 6.58 Å². The predicted octanol–water partition coefficient (Wildman–Crippen LogP) is 3.40. The first-order chi connectivity index (χ1) is 7.63. The van der Waals surface area contributed by atoms with Crippen molar-refractivity contribution in [1.29, 1.82) is 0 Å². The van der Waals surface area contributed by atoms with Crippen molar-refractivity contribution < 1.29 is 9.53 Å². The molecule has 0 saturated carbocycles. The van der Waals surface area contributed by atoms with Crippen molar-refractivity contribution in [2.45, 2.75) is 13.8 Å². The number of hydrogen-bond donors (Lipinski definition) is 0. The van der Waals surface area contributed by atoms with Crippen molar-refractivity contribution in [2.75, 3.05) is 6.61 Å². The van der Waals surface area contributed by atoms with Crippen LogP contribution in [0, 0.1) is 0 Å². The summed E-state index contributed by atoms with van der Waals surface area (Å²) in [6.45, 7) is 8.04. The Morgan fingerprint density at radius 1 is 1.31 bits per heavy atom. The molecule has 0 N–H and O–H groups in total. The molecule has 0 aromatic heterocycles. The maximum atomic E-state index is 11.3. The minimum Gasteiger partial charge on any atom is -0.490 e. The third kappa shape index (κ3) is 3.73. The number of hydrogen-bond acceptors (Lipinski definition) is 2. The summed E-state index contributed by atoms with van der Waals surface area (Å²) in [5.74, 6) is 0.689. The van der Waals surface area contributed by atoms with Crippen molar-refractivity contribution in [3.05, 3.63) is 54.1 Å². The van der Waals surface area contributed by atoms with Gasteiger partial charge in [-0.15, -0.1) is 0 Å². The van der Waals surface area contributed by atoms with Crippen LogP contribution in [0.5, 0.6) is 5.75 Å². The molecule has 1 rings (SSSR count). The van der Waals surface area contributed by atoms with Gasteiger partial charge in [-0.05, 0) is 50.3 Å². The molecule has 16 heavy (non-hydrogen) atoms. The van der Waals surface area contributed by atoms with Gasteiger partial charge in [-0.25, -0.2) is 0 Å². The number of carbonyl (C=O) groups excluding carboxylic acids is 1. The van der Waals surface area contributed by atoms with Gasteiger partial charge in [0.1, 0.15) is 12.4 Å². The lowest BCUT2D eigenvalue weighted by molar-refractivity contribution is 0.104. The summed E-state index contributed by atoms with van der Waals surface area (Å²) in [7, 11) is 0. The Morgan fingerprint density at radius 2 is 1.94 bits per heavy atom. The molecule has 0 bridgehead atoms. The highest BCUT2D eigenvalue weighted by Crippen LogP contribution is 2.12. The highest BCUT2D eigenvalue weighted by atomic mass is 16.5. The van der Waals surface area contributed by atoms with Gasteiger partial charge in [-0.2, -0.15) is 0 Å². The van der Waals surface area contributed by atoms with Gasteiger partial charge in [0, 0.05) is 5.56 Å². The minimum atomic E-state index is -0.0733. The standard InChI is InChI=1S/C14H16O2/c1-4-14(15)12-5-7-13(8-6-12)16-10-9-11(2)3/h4-9H,1,10H2,2-3H3. The summed E-state index contributed by atoms with van der Waals surface area (Å²) in [6, 6.07) is 7.05. The van der Waals surface area contributed by atoms with Crippen molar-refractivity contribution >= 4 is 5.78 Å². The number of benzene rings is 1. The molecule has 2 nitrogen and oxygen atoms in total. The van der Waals surface area contributed by atoms with E-state index in [0.717, 1.165) is 5.75 Å². The van der Waals surface area contributed by atoms with Gasteiger partial charge in [-0.1, -0.05) is 12.2 Å². The van der Waals surface area contributed by atoms with Crippen LogP contribution >= 0.6 is 0 Å². The van der Waals surface area contributed by atoms with Crippen LogP contribution in [0.3, 0.4) is 0 Å². The summed E-state index contributed by atoms with van der Waals surface area (Å²) in [6.07, 6.45) is 3.31. The van der Waals surface area contributed by atoms with Crippen LogP contribution in [-0.4, -0.2) is 12.4 Å². The van der Waals surface area contributed by atoms with Crippen LogP contribution in [0.15, 0.2) is 48.6 Å².